The molecule has 4 rings (SSSR count). The number of hydrogen-bond acceptors (Lipinski definition) is 3. The monoisotopic (exact) mass is 434 g/mol. The molecule has 1 amide bonds. The van der Waals surface area contributed by atoms with Crippen LogP contribution in [0.1, 0.15) is 52.0 Å². The number of sulfonamides is 1. The molecule has 0 saturated carbocycles. The van der Waals surface area contributed by atoms with E-state index in [9.17, 15) is 13.2 Å². The number of carbonyl (C=O) groups excluding carboxylic acids is 1. The number of fused-ring (bicyclic) bond motifs is 1. The fourth-order valence-corrected chi connectivity index (χ4v) is 4.93. The maximum absolute atomic E-state index is 12.8. The van der Waals surface area contributed by atoms with Crippen molar-refractivity contribution in [3.8, 4) is 0 Å². The third-order valence-corrected chi connectivity index (χ3v) is 7.08. The first-order valence-electron chi connectivity index (χ1n) is 10.4. The van der Waals surface area contributed by atoms with Crippen LogP contribution in [0.4, 0.5) is 5.69 Å². The number of carbonyl (C=O) groups is 1. The van der Waals surface area contributed by atoms with Crippen molar-refractivity contribution in [1.82, 2.24) is 5.32 Å². The number of aryl methyl sites for hydroxylation is 3. The quantitative estimate of drug-likeness (QED) is 0.586. The molecule has 0 aliphatic heterocycles. The summed E-state index contributed by atoms with van der Waals surface area (Å²) < 4.78 is 27.8. The lowest BCUT2D eigenvalue weighted by Crippen LogP contribution is -2.26. The van der Waals surface area contributed by atoms with Gasteiger partial charge in [-0.3, -0.25) is 9.52 Å². The van der Waals surface area contributed by atoms with Gasteiger partial charge in [-0.2, -0.15) is 0 Å². The highest BCUT2D eigenvalue weighted by Gasteiger charge is 2.17. The number of nitrogens with one attached hydrogen (secondary N) is 2. The van der Waals surface area contributed by atoms with Crippen molar-refractivity contribution in [2.75, 3.05) is 4.72 Å². The fourth-order valence-electron chi connectivity index (χ4n) is 3.88. The first-order chi connectivity index (χ1) is 14.8. The van der Waals surface area contributed by atoms with E-state index in [1.165, 1.54) is 17.5 Å². The van der Waals surface area contributed by atoms with E-state index >= 15 is 0 Å². The van der Waals surface area contributed by atoms with E-state index in [2.05, 4.69) is 28.2 Å². The van der Waals surface area contributed by atoms with Crippen LogP contribution >= 0.6 is 0 Å². The van der Waals surface area contributed by atoms with E-state index in [0.717, 1.165) is 24.0 Å². The Balaban J connectivity index is 1.47. The molecule has 1 aliphatic carbocycles. The van der Waals surface area contributed by atoms with Crippen molar-refractivity contribution in [1.29, 1.82) is 0 Å². The molecule has 2 N–H and O–H groups in total. The van der Waals surface area contributed by atoms with Gasteiger partial charge in [-0.1, -0.05) is 42.0 Å². The van der Waals surface area contributed by atoms with Gasteiger partial charge in [0, 0.05) is 11.3 Å². The van der Waals surface area contributed by atoms with Gasteiger partial charge in [0.25, 0.3) is 15.9 Å². The van der Waals surface area contributed by atoms with Gasteiger partial charge in [0.15, 0.2) is 0 Å². The molecule has 0 saturated heterocycles. The SMILES string of the molecule is Cc1ccc(S(=O)(=O)Nc2cccc(C(=O)NC(C)c3ccc4c(c3)CCC4)c2)cc1. The molecule has 1 unspecified atom stereocenters. The summed E-state index contributed by atoms with van der Waals surface area (Å²) in [6, 6.07) is 19.4. The summed E-state index contributed by atoms with van der Waals surface area (Å²) in [5.41, 5.74) is 5.57. The molecular weight excluding hydrogens is 408 g/mol. The topological polar surface area (TPSA) is 75.3 Å². The number of rotatable bonds is 6. The molecule has 0 fully saturated rings. The Bertz CT molecular complexity index is 1220. The molecule has 5 nitrogen and oxygen atoms in total. The first-order valence-corrected chi connectivity index (χ1v) is 11.9. The van der Waals surface area contributed by atoms with Gasteiger partial charge in [-0.05, 0) is 80.1 Å². The molecule has 1 atom stereocenters. The predicted molar refractivity (Wildman–Crippen MR) is 123 cm³/mol. The molecule has 0 radical (unpaired) electrons. The van der Waals surface area contributed by atoms with Crippen LogP contribution in [-0.4, -0.2) is 14.3 Å². The smallest absolute Gasteiger partial charge is 0.261 e. The van der Waals surface area contributed by atoms with Gasteiger partial charge in [0.05, 0.1) is 10.9 Å². The van der Waals surface area contributed by atoms with E-state index in [1.54, 1.807) is 48.5 Å². The lowest BCUT2D eigenvalue weighted by atomic mass is 10.0. The van der Waals surface area contributed by atoms with Crippen LogP contribution in [0, 0.1) is 6.92 Å². The summed E-state index contributed by atoms with van der Waals surface area (Å²) in [5.74, 6) is -0.246. The zero-order valence-corrected chi connectivity index (χ0v) is 18.5. The predicted octanol–water partition coefficient (Wildman–Crippen LogP) is 4.78. The van der Waals surface area contributed by atoms with Crippen LogP contribution in [0.2, 0.25) is 0 Å². The van der Waals surface area contributed by atoms with Crippen molar-refractivity contribution in [2.45, 2.75) is 44.0 Å². The number of benzene rings is 3. The van der Waals surface area contributed by atoms with Crippen molar-refractivity contribution in [2.24, 2.45) is 0 Å². The molecule has 1 aliphatic rings. The fraction of sp³-hybridized carbons (Fsp3) is 0.240. The second kappa shape index (κ2) is 8.55. The maximum Gasteiger partial charge on any atom is 0.261 e. The molecule has 6 heteroatoms. The minimum atomic E-state index is -3.73. The summed E-state index contributed by atoms with van der Waals surface area (Å²) in [4.78, 5) is 13.0. The molecule has 31 heavy (non-hydrogen) atoms. The van der Waals surface area contributed by atoms with Crippen LogP contribution in [0.3, 0.4) is 0 Å². The normalized spacial score (nSPS) is 14.0. The molecule has 0 heterocycles. The van der Waals surface area contributed by atoms with Crippen LogP contribution in [0.25, 0.3) is 0 Å². The van der Waals surface area contributed by atoms with Gasteiger partial charge in [0.1, 0.15) is 0 Å². The van der Waals surface area contributed by atoms with Gasteiger partial charge < -0.3 is 5.32 Å². The van der Waals surface area contributed by atoms with Gasteiger partial charge in [-0.15, -0.1) is 0 Å². The average molecular weight is 435 g/mol. The lowest BCUT2D eigenvalue weighted by molar-refractivity contribution is 0.0940. The Kier molecular flexibility index (Phi) is 5.83. The highest BCUT2D eigenvalue weighted by Crippen LogP contribution is 2.26. The van der Waals surface area contributed by atoms with E-state index in [1.807, 2.05) is 13.8 Å². The minimum Gasteiger partial charge on any atom is -0.346 e. The zero-order chi connectivity index (χ0) is 22.0. The average Bonchev–Trinajstić information content (AvgIpc) is 3.22. The van der Waals surface area contributed by atoms with E-state index < -0.39 is 10.0 Å². The van der Waals surface area contributed by atoms with Crippen molar-refractivity contribution >= 4 is 21.6 Å². The summed E-state index contributed by atoms with van der Waals surface area (Å²) in [5, 5.41) is 3.02. The summed E-state index contributed by atoms with van der Waals surface area (Å²) in [6.45, 7) is 3.86. The van der Waals surface area contributed by atoms with Gasteiger partial charge in [-0.25, -0.2) is 8.42 Å². The van der Waals surface area contributed by atoms with Crippen LogP contribution in [-0.2, 0) is 22.9 Å². The van der Waals surface area contributed by atoms with Crippen molar-refractivity contribution < 1.29 is 13.2 Å². The Labute approximate surface area is 183 Å². The maximum atomic E-state index is 12.8. The van der Waals surface area contributed by atoms with E-state index in [-0.39, 0.29) is 16.8 Å². The van der Waals surface area contributed by atoms with Crippen molar-refractivity contribution in [3.05, 3.63) is 94.5 Å². The third-order valence-electron chi connectivity index (χ3n) is 5.68. The molecule has 0 aromatic heterocycles. The Hall–Kier alpha value is -3.12. The molecule has 0 bridgehead atoms. The largest absolute Gasteiger partial charge is 0.346 e. The molecule has 160 valence electrons. The highest BCUT2D eigenvalue weighted by molar-refractivity contribution is 7.92. The van der Waals surface area contributed by atoms with Crippen LogP contribution < -0.4 is 10.0 Å². The Morgan fingerprint density at radius 3 is 2.45 bits per heavy atom. The Morgan fingerprint density at radius 1 is 0.935 bits per heavy atom. The molecular formula is C25H26N2O3S. The molecule has 3 aromatic rings. The Morgan fingerprint density at radius 2 is 1.68 bits per heavy atom. The third kappa shape index (κ3) is 4.80. The second-order valence-electron chi connectivity index (χ2n) is 8.08. The number of amides is 1. The van der Waals surface area contributed by atoms with Crippen LogP contribution in [0.5, 0.6) is 0 Å². The lowest BCUT2D eigenvalue weighted by Gasteiger charge is -2.16. The van der Waals surface area contributed by atoms with E-state index in [4.69, 9.17) is 0 Å². The molecule has 3 aromatic carbocycles. The van der Waals surface area contributed by atoms with Crippen LogP contribution in [0.15, 0.2) is 71.6 Å². The van der Waals surface area contributed by atoms with Crippen molar-refractivity contribution in [3.63, 3.8) is 0 Å². The number of hydrogen-bond donors (Lipinski definition) is 2. The summed E-state index contributed by atoms with van der Waals surface area (Å²) >= 11 is 0. The van der Waals surface area contributed by atoms with Gasteiger partial charge in [0.2, 0.25) is 0 Å². The van der Waals surface area contributed by atoms with E-state index in [0.29, 0.717) is 11.3 Å². The second-order valence-corrected chi connectivity index (χ2v) is 9.76. The standard InChI is InChI=1S/C25H26N2O3S/c1-17-9-13-24(14-10-17)31(29,30)27-23-8-4-7-22(16-23)25(28)26-18(2)20-12-11-19-5-3-6-21(19)15-20/h4,7-16,18,27H,3,5-6H2,1-2H3,(H,26,28). The minimum absolute atomic E-state index is 0.147. The summed E-state index contributed by atoms with van der Waals surface area (Å²) in [7, 11) is -3.73. The first kappa shape index (κ1) is 21.1. The summed E-state index contributed by atoms with van der Waals surface area (Å²) in [6.07, 6.45) is 3.40. The van der Waals surface area contributed by atoms with Gasteiger partial charge >= 0.3 is 0 Å². The number of anilines is 1. The highest BCUT2D eigenvalue weighted by atomic mass is 32.2. The zero-order valence-electron chi connectivity index (χ0n) is 17.7. The molecule has 0 spiro atoms.